The van der Waals surface area contributed by atoms with Crippen LogP contribution in [0, 0.1) is 0 Å². The number of para-hydroxylation sites is 2. The molecule has 2 heterocycles. The first-order valence-electron chi connectivity index (χ1n) is 7.25. The fourth-order valence-corrected chi connectivity index (χ4v) is 2.71. The number of hydrogen-bond donors (Lipinski definition) is 2. The standard InChI is InChI=1S/C15H20N4O/c1-2-14(20)16-11-6-5-9-19(10-11)15-17-12-7-3-4-8-13(12)18-15/h3-4,7-8,11H,2,5-6,9-10H2,1H3,(H,16,20)(H,17,18). The maximum atomic E-state index is 11.5. The van der Waals surface area contributed by atoms with Gasteiger partial charge in [0.15, 0.2) is 0 Å². The van der Waals surface area contributed by atoms with Crippen molar-refractivity contribution in [1.82, 2.24) is 15.3 Å². The zero-order valence-corrected chi connectivity index (χ0v) is 11.7. The molecule has 3 rings (SSSR count). The largest absolute Gasteiger partial charge is 0.352 e. The van der Waals surface area contributed by atoms with Gasteiger partial charge in [0.25, 0.3) is 0 Å². The van der Waals surface area contributed by atoms with Crippen LogP contribution in [-0.2, 0) is 4.79 Å². The molecule has 2 aromatic rings. The predicted octanol–water partition coefficient (Wildman–Crippen LogP) is 2.06. The van der Waals surface area contributed by atoms with Crippen molar-refractivity contribution in [2.24, 2.45) is 0 Å². The highest BCUT2D eigenvalue weighted by Gasteiger charge is 2.22. The Hall–Kier alpha value is -2.04. The van der Waals surface area contributed by atoms with Crippen LogP contribution in [0.2, 0.25) is 0 Å². The summed E-state index contributed by atoms with van der Waals surface area (Å²) in [4.78, 5) is 21.7. The Bertz CT molecular complexity index is 574. The predicted molar refractivity (Wildman–Crippen MR) is 79.8 cm³/mol. The van der Waals surface area contributed by atoms with Crippen molar-refractivity contribution in [2.75, 3.05) is 18.0 Å². The molecule has 5 nitrogen and oxygen atoms in total. The number of amides is 1. The molecule has 106 valence electrons. The summed E-state index contributed by atoms with van der Waals surface area (Å²) >= 11 is 0. The second-order valence-electron chi connectivity index (χ2n) is 5.28. The van der Waals surface area contributed by atoms with Gasteiger partial charge >= 0.3 is 0 Å². The van der Waals surface area contributed by atoms with Crippen LogP contribution in [0.25, 0.3) is 11.0 Å². The molecule has 0 bridgehead atoms. The molecular formula is C15H20N4O. The van der Waals surface area contributed by atoms with Crippen LogP contribution in [-0.4, -0.2) is 35.0 Å². The van der Waals surface area contributed by atoms with Gasteiger partial charge in [0, 0.05) is 25.6 Å². The lowest BCUT2D eigenvalue weighted by molar-refractivity contribution is -0.121. The van der Waals surface area contributed by atoms with Crippen molar-refractivity contribution >= 4 is 22.9 Å². The lowest BCUT2D eigenvalue weighted by Crippen LogP contribution is -2.48. The number of rotatable bonds is 3. The highest BCUT2D eigenvalue weighted by Crippen LogP contribution is 2.20. The lowest BCUT2D eigenvalue weighted by Gasteiger charge is -2.32. The minimum atomic E-state index is 0.126. The highest BCUT2D eigenvalue weighted by molar-refractivity contribution is 5.77. The Morgan fingerprint density at radius 2 is 2.35 bits per heavy atom. The van der Waals surface area contributed by atoms with E-state index >= 15 is 0 Å². The van der Waals surface area contributed by atoms with E-state index in [1.54, 1.807) is 0 Å². The Morgan fingerprint density at radius 3 is 3.15 bits per heavy atom. The number of aromatic nitrogens is 2. The SMILES string of the molecule is CCC(=O)NC1CCCN(c2nc3ccccc3[nH]2)C1. The lowest BCUT2D eigenvalue weighted by atomic mass is 10.1. The van der Waals surface area contributed by atoms with Crippen molar-refractivity contribution in [3.63, 3.8) is 0 Å². The van der Waals surface area contributed by atoms with Crippen molar-refractivity contribution in [3.8, 4) is 0 Å². The molecule has 2 N–H and O–H groups in total. The number of nitrogens with zero attached hydrogens (tertiary/aromatic N) is 2. The maximum Gasteiger partial charge on any atom is 0.219 e. The fourth-order valence-electron chi connectivity index (χ4n) is 2.71. The van der Waals surface area contributed by atoms with E-state index in [0.29, 0.717) is 6.42 Å². The minimum Gasteiger partial charge on any atom is -0.352 e. The molecule has 1 aromatic carbocycles. The number of carbonyl (C=O) groups is 1. The molecule has 1 saturated heterocycles. The number of fused-ring (bicyclic) bond motifs is 1. The molecule has 5 heteroatoms. The zero-order valence-electron chi connectivity index (χ0n) is 11.7. The molecule has 0 aliphatic carbocycles. The normalized spacial score (nSPS) is 19.2. The molecule has 0 spiro atoms. The van der Waals surface area contributed by atoms with Gasteiger partial charge in [0.05, 0.1) is 11.0 Å². The molecule has 20 heavy (non-hydrogen) atoms. The molecular weight excluding hydrogens is 252 g/mol. The third-order valence-electron chi connectivity index (χ3n) is 3.78. The molecule has 0 saturated carbocycles. The highest BCUT2D eigenvalue weighted by atomic mass is 16.1. The average Bonchev–Trinajstić information content (AvgIpc) is 2.91. The number of imidazole rings is 1. The number of piperidine rings is 1. The van der Waals surface area contributed by atoms with Gasteiger partial charge in [0.1, 0.15) is 0 Å². The topological polar surface area (TPSA) is 61.0 Å². The molecule has 1 aromatic heterocycles. The Morgan fingerprint density at radius 1 is 1.50 bits per heavy atom. The van der Waals surface area contributed by atoms with Crippen LogP contribution < -0.4 is 10.2 Å². The first kappa shape index (κ1) is 13.0. The monoisotopic (exact) mass is 272 g/mol. The summed E-state index contributed by atoms with van der Waals surface area (Å²) < 4.78 is 0. The van der Waals surface area contributed by atoms with Crippen molar-refractivity contribution in [2.45, 2.75) is 32.2 Å². The van der Waals surface area contributed by atoms with Crippen molar-refractivity contribution in [3.05, 3.63) is 24.3 Å². The molecule has 1 fully saturated rings. The minimum absolute atomic E-state index is 0.126. The first-order chi connectivity index (χ1) is 9.76. The van der Waals surface area contributed by atoms with Gasteiger partial charge in [-0.1, -0.05) is 19.1 Å². The van der Waals surface area contributed by atoms with Crippen molar-refractivity contribution in [1.29, 1.82) is 0 Å². The van der Waals surface area contributed by atoms with E-state index in [0.717, 1.165) is 42.9 Å². The summed E-state index contributed by atoms with van der Waals surface area (Å²) in [6.45, 7) is 3.69. The van der Waals surface area contributed by atoms with Gasteiger partial charge in [-0.25, -0.2) is 4.98 Å². The molecule has 1 unspecified atom stereocenters. The van der Waals surface area contributed by atoms with E-state index in [4.69, 9.17) is 0 Å². The summed E-state index contributed by atoms with van der Waals surface area (Å²) in [5.74, 6) is 1.03. The summed E-state index contributed by atoms with van der Waals surface area (Å²) in [6, 6.07) is 8.27. The summed E-state index contributed by atoms with van der Waals surface area (Å²) in [6.07, 6.45) is 2.66. The van der Waals surface area contributed by atoms with E-state index in [9.17, 15) is 4.79 Å². The van der Waals surface area contributed by atoms with Gasteiger partial charge in [0.2, 0.25) is 11.9 Å². The van der Waals surface area contributed by atoms with Crippen LogP contribution >= 0.6 is 0 Å². The summed E-state index contributed by atoms with van der Waals surface area (Å²) in [5, 5.41) is 3.08. The third kappa shape index (κ3) is 2.61. The van der Waals surface area contributed by atoms with Gasteiger partial charge in [-0.3, -0.25) is 4.79 Å². The van der Waals surface area contributed by atoms with Crippen LogP contribution in [0.4, 0.5) is 5.95 Å². The number of aromatic amines is 1. The average molecular weight is 272 g/mol. The van der Waals surface area contributed by atoms with Crippen LogP contribution in [0.5, 0.6) is 0 Å². The van der Waals surface area contributed by atoms with Crippen LogP contribution in [0.15, 0.2) is 24.3 Å². The van der Waals surface area contributed by atoms with Gasteiger partial charge < -0.3 is 15.2 Å². The maximum absolute atomic E-state index is 11.5. The number of benzene rings is 1. The van der Waals surface area contributed by atoms with Gasteiger partial charge in [-0.05, 0) is 25.0 Å². The Kier molecular flexibility index (Phi) is 3.58. The smallest absolute Gasteiger partial charge is 0.219 e. The van der Waals surface area contributed by atoms with E-state index in [1.165, 1.54) is 0 Å². The number of hydrogen-bond acceptors (Lipinski definition) is 3. The molecule has 1 aliphatic rings. The van der Waals surface area contributed by atoms with E-state index in [-0.39, 0.29) is 11.9 Å². The fraction of sp³-hybridized carbons (Fsp3) is 0.467. The number of carbonyl (C=O) groups excluding carboxylic acids is 1. The Labute approximate surface area is 118 Å². The van der Waals surface area contributed by atoms with Gasteiger partial charge in [-0.15, -0.1) is 0 Å². The number of nitrogens with one attached hydrogen (secondary N) is 2. The molecule has 1 amide bonds. The quantitative estimate of drug-likeness (QED) is 0.899. The van der Waals surface area contributed by atoms with Crippen LogP contribution in [0.3, 0.4) is 0 Å². The Balaban J connectivity index is 1.74. The van der Waals surface area contributed by atoms with Crippen molar-refractivity contribution < 1.29 is 4.79 Å². The molecule has 1 aliphatic heterocycles. The number of H-pyrrole nitrogens is 1. The van der Waals surface area contributed by atoms with E-state index < -0.39 is 0 Å². The number of anilines is 1. The van der Waals surface area contributed by atoms with Crippen LogP contribution in [0.1, 0.15) is 26.2 Å². The summed E-state index contributed by atoms with van der Waals surface area (Å²) in [7, 11) is 0. The third-order valence-corrected chi connectivity index (χ3v) is 3.78. The van der Waals surface area contributed by atoms with Gasteiger partial charge in [-0.2, -0.15) is 0 Å². The van der Waals surface area contributed by atoms with E-state index in [2.05, 4.69) is 20.2 Å². The zero-order chi connectivity index (χ0) is 13.9. The second kappa shape index (κ2) is 5.53. The van der Waals surface area contributed by atoms with E-state index in [1.807, 2.05) is 31.2 Å². The first-order valence-corrected chi connectivity index (χ1v) is 7.25. The summed E-state index contributed by atoms with van der Waals surface area (Å²) in [5.41, 5.74) is 2.05. The molecule has 1 atom stereocenters. The second-order valence-corrected chi connectivity index (χ2v) is 5.28. The molecule has 0 radical (unpaired) electrons.